The highest BCUT2D eigenvalue weighted by molar-refractivity contribution is 6.01. The zero-order valence-electron chi connectivity index (χ0n) is 14.6. The summed E-state index contributed by atoms with van der Waals surface area (Å²) in [5.41, 5.74) is 3.53. The van der Waals surface area contributed by atoms with Crippen LogP contribution in [0.2, 0.25) is 0 Å². The van der Waals surface area contributed by atoms with E-state index in [1.807, 2.05) is 54.6 Å². The Labute approximate surface area is 156 Å². The van der Waals surface area contributed by atoms with Crippen molar-refractivity contribution in [3.8, 4) is 11.1 Å². The van der Waals surface area contributed by atoms with Gasteiger partial charge >= 0.3 is 0 Å². The van der Waals surface area contributed by atoms with E-state index in [9.17, 15) is 14.9 Å². The molecule has 1 heterocycles. The second-order valence-corrected chi connectivity index (χ2v) is 5.93. The number of carbonyl (C=O) groups excluding carboxylic acids is 1. The van der Waals surface area contributed by atoms with E-state index in [0.717, 1.165) is 22.9 Å². The number of pyridine rings is 1. The van der Waals surface area contributed by atoms with Crippen LogP contribution in [0.3, 0.4) is 0 Å². The number of rotatable bonds is 5. The lowest BCUT2D eigenvalue weighted by molar-refractivity contribution is -0.385. The van der Waals surface area contributed by atoms with Gasteiger partial charge in [-0.05, 0) is 35.3 Å². The zero-order valence-corrected chi connectivity index (χ0v) is 14.6. The van der Waals surface area contributed by atoms with Crippen molar-refractivity contribution in [2.45, 2.75) is 6.92 Å². The second-order valence-electron chi connectivity index (χ2n) is 5.93. The molecule has 6 heteroatoms. The number of benzene rings is 2. The number of aryl methyl sites for hydroxylation is 1. The minimum absolute atomic E-state index is 0.112. The maximum atomic E-state index is 12.1. The molecule has 0 unspecified atom stereocenters. The second kappa shape index (κ2) is 8.05. The highest BCUT2D eigenvalue weighted by atomic mass is 16.6. The Balaban J connectivity index is 1.66. The molecule has 3 aromatic rings. The number of aromatic nitrogens is 1. The number of nitrogens with one attached hydrogen (secondary N) is 1. The third-order valence-electron chi connectivity index (χ3n) is 3.96. The van der Waals surface area contributed by atoms with Crippen molar-refractivity contribution in [3.05, 3.63) is 94.2 Å². The Kier molecular flexibility index (Phi) is 5.37. The van der Waals surface area contributed by atoms with Crippen molar-refractivity contribution >= 4 is 23.5 Å². The monoisotopic (exact) mass is 359 g/mol. The number of carbonyl (C=O) groups is 1. The molecule has 6 nitrogen and oxygen atoms in total. The van der Waals surface area contributed by atoms with Crippen LogP contribution in [-0.2, 0) is 4.79 Å². The average Bonchev–Trinajstić information content (AvgIpc) is 2.69. The van der Waals surface area contributed by atoms with Gasteiger partial charge in [-0.2, -0.15) is 0 Å². The summed E-state index contributed by atoms with van der Waals surface area (Å²) in [7, 11) is 0. The predicted molar refractivity (Wildman–Crippen MR) is 105 cm³/mol. The van der Waals surface area contributed by atoms with Crippen LogP contribution >= 0.6 is 0 Å². The van der Waals surface area contributed by atoms with Crippen LogP contribution in [0.25, 0.3) is 17.2 Å². The number of anilines is 1. The van der Waals surface area contributed by atoms with Gasteiger partial charge in [0, 0.05) is 12.1 Å². The molecule has 3 rings (SSSR count). The van der Waals surface area contributed by atoms with Crippen LogP contribution < -0.4 is 5.32 Å². The lowest BCUT2D eigenvalue weighted by Gasteiger charge is -2.05. The van der Waals surface area contributed by atoms with E-state index < -0.39 is 4.92 Å². The van der Waals surface area contributed by atoms with Crippen LogP contribution in [0.5, 0.6) is 0 Å². The molecule has 0 aliphatic carbocycles. The van der Waals surface area contributed by atoms with Gasteiger partial charge in [0.2, 0.25) is 5.91 Å². The van der Waals surface area contributed by atoms with Gasteiger partial charge in [-0.15, -0.1) is 0 Å². The van der Waals surface area contributed by atoms with Crippen LogP contribution in [0.1, 0.15) is 11.1 Å². The van der Waals surface area contributed by atoms with Crippen LogP contribution in [0.4, 0.5) is 11.5 Å². The van der Waals surface area contributed by atoms with E-state index in [1.165, 1.54) is 12.1 Å². The normalized spacial score (nSPS) is 10.7. The molecule has 0 radical (unpaired) electrons. The van der Waals surface area contributed by atoms with Crippen molar-refractivity contribution < 1.29 is 9.72 Å². The topological polar surface area (TPSA) is 85.1 Å². The number of hydrogen-bond acceptors (Lipinski definition) is 4. The molecule has 1 N–H and O–H groups in total. The maximum Gasteiger partial charge on any atom is 0.287 e. The van der Waals surface area contributed by atoms with Crippen molar-refractivity contribution in [2.75, 3.05) is 5.32 Å². The van der Waals surface area contributed by atoms with E-state index in [2.05, 4.69) is 10.3 Å². The molecule has 0 saturated heterocycles. The smallest absolute Gasteiger partial charge is 0.287 e. The number of hydrogen-bond donors (Lipinski definition) is 1. The highest BCUT2D eigenvalue weighted by Gasteiger charge is 2.10. The molecule has 0 aliphatic rings. The molecule has 0 fully saturated rings. The van der Waals surface area contributed by atoms with E-state index in [4.69, 9.17) is 0 Å². The number of amides is 1. The summed E-state index contributed by atoms with van der Waals surface area (Å²) in [6.45, 7) is 1.65. The highest BCUT2D eigenvalue weighted by Crippen LogP contribution is 2.20. The Morgan fingerprint density at radius 2 is 1.74 bits per heavy atom. The summed E-state index contributed by atoms with van der Waals surface area (Å²) in [5.74, 6) is -0.0544. The quantitative estimate of drug-likeness (QED) is 0.409. The maximum absolute atomic E-state index is 12.1. The SMILES string of the molecule is Cc1cc([N+](=O)[O-])cnc1NC(=O)/C=C/c1ccc(-c2ccccc2)cc1. The van der Waals surface area contributed by atoms with Gasteiger partial charge in [-0.3, -0.25) is 14.9 Å². The largest absolute Gasteiger partial charge is 0.307 e. The Hall–Kier alpha value is -3.80. The molecule has 0 atom stereocenters. The third-order valence-corrected chi connectivity index (χ3v) is 3.96. The van der Waals surface area contributed by atoms with Gasteiger partial charge in [0.15, 0.2) is 0 Å². The molecule has 134 valence electrons. The summed E-state index contributed by atoms with van der Waals surface area (Å²) in [4.78, 5) is 26.2. The Morgan fingerprint density at radius 3 is 2.37 bits per heavy atom. The van der Waals surface area contributed by atoms with Crippen LogP contribution in [0.15, 0.2) is 72.9 Å². The molecular weight excluding hydrogens is 342 g/mol. The van der Waals surface area contributed by atoms with E-state index in [-0.39, 0.29) is 11.6 Å². The molecule has 0 saturated carbocycles. The standard InChI is InChI=1S/C21H17N3O3/c1-15-13-19(24(26)27)14-22-21(15)23-20(25)12-9-16-7-10-18(11-8-16)17-5-3-2-4-6-17/h2-14H,1H3,(H,22,23,25)/b12-9+. The molecule has 0 bridgehead atoms. The molecule has 0 aliphatic heterocycles. The van der Waals surface area contributed by atoms with Gasteiger partial charge in [-0.1, -0.05) is 54.6 Å². The fraction of sp³-hybridized carbons (Fsp3) is 0.0476. The zero-order chi connectivity index (χ0) is 19.2. The Bertz CT molecular complexity index is 997. The summed E-state index contributed by atoms with van der Waals surface area (Å²) >= 11 is 0. The molecule has 0 spiro atoms. The van der Waals surface area contributed by atoms with Gasteiger partial charge < -0.3 is 5.32 Å². The minimum Gasteiger partial charge on any atom is -0.307 e. The summed E-state index contributed by atoms with van der Waals surface area (Å²) in [6, 6.07) is 19.3. The fourth-order valence-corrected chi connectivity index (χ4v) is 2.54. The van der Waals surface area contributed by atoms with Gasteiger partial charge in [0.05, 0.1) is 4.92 Å². The predicted octanol–water partition coefficient (Wildman–Crippen LogP) is 4.62. The summed E-state index contributed by atoms with van der Waals surface area (Å²) < 4.78 is 0. The van der Waals surface area contributed by atoms with Crippen molar-refractivity contribution in [2.24, 2.45) is 0 Å². The lowest BCUT2D eigenvalue weighted by Crippen LogP contribution is -2.10. The first-order chi connectivity index (χ1) is 13.0. The number of nitro groups is 1. The lowest BCUT2D eigenvalue weighted by atomic mass is 10.0. The minimum atomic E-state index is -0.523. The molecule has 1 amide bonds. The first kappa shape index (κ1) is 18.0. The van der Waals surface area contributed by atoms with E-state index in [0.29, 0.717) is 11.4 Å². The summed E-state index contributed by atoms with van der Waals surface area (Å²) in [6.07, 6.45) is 4.22. The Morgan fingerprint density at radius 1 is 1.07 bits per heavy atom. The third kappa shape index (κ3) is 4.64. The van der Waals surface area contributed by atoms with Gasteiger partial charge in [-0.25, -0.2) is 4.98 Å². The van der Waals surface area contributed by atoms with Crippen molar-refractivity contribution in [3.63, 3.8) is 0 Å². The van der Waals surface area contributed by atoms with Gasteiger partial charge in [0.1, 0.15) is 12.0 Å². The number of nitrogens with zero attached hydrogens (tertiary/aromatic N) is 2. The van der Waals surface area contributed by atoms with Crippen molar-refractivity contribution in [1.29, 1.82) is 0 Å². The van der Waals surface area contributed by atoms with Crippen molar-refractivity contribution in [1.82, 2.24) is 4.98 Å². The summed E-state index contributed by atoms with van der Waals surface area (Å²) in [5, 5.41) is 13.4. The van der Waals surface area contributed by atoms with E-state index in [1.54, 1.807) is 13.0 Å². The first-order valence-corrected chi connectivity index (χ1v) is 8.28. The molecule has 27 heavy (non-hydrogen) atoms. The van der Waals surface area contributed by atoms with E-state index >= 15 is 0 Å². The molecule has 2 aromatic carbocycles. The van der Waals surface area contributed by atoms with Gasteiger partial charge in [0.25, 0.3) is 5.69 Å². The first-order valence-electron chi connectivity index (χ1n) is 8.28. The molecular formula is C21H17N3O3. The molecule has 1 aromatic heterocycles. The average molecular weight is 359 g/mol. The van der Waals surface area contributed by atoms with Crippen LogP contribution in [0, 0.1) is 17.0 Å². The fourth-order valence-electron chi connectivity index (χ4n) is 2.54. The van der Waals surface area contributed by atoms with Crippen LogP contribution in [-0.4, -0.2) is 15.8 Å².